The number of nitrogen functional groups attached to an aromatic ring is 1. The van der Waals surface area contributed by atoms with Crippen molar-refractivity contribution in [1.29, 1.82) is 0 Å². The first-order valence-corrected chi connectivity index (χ1v) is 6.94. The molecule has 0 radical (unpaired) electrons. The van der Waals surface area contributed by atoms with Crippen LogP contribution < -0.4 is 11.3 Å². The second-order valence-electron chi connectivity index (χ2n) is 5.10. The number of nitrogens with zero attached hydrogens (tertiary/aromatic N) is 2. The molecule has 0 amide bonds. The molecule has 3 rings (SSSR count). The SMILES string of the molecule is NNc1nc(-c2cccc(C(F)F)c2)nc2c1CCCC2. The van der Waals surface area contributed by atoms with Crippen LogP contribution in [-0.2, 0) is 12.8 Å². The van der Waals surface area contributed by atoms with Gasteiger partial charge in [-0.25, -0.2) is 24.6 Å². The molecule has 4 nitrogen and oxygen atoms in total. The molecule has 0 spiro atoms. The average molecular weight is 290 g/mol. The predicted octanol–water partition coefficient (Wildman–Crippen LogP) is 3.25. The molecule has 1 aromatic carbocycles. The molecule has 1 heterocycles. The Kier molecular flexibility index (Phi) is 3.79. The van der Waals surface area contributed by atoms with Gasteiger partial charge in [-0.2, -0.15) is 0 Å². The Morgan fingerprint density at radius 1 is 1.14 bits per heavy atom. The zero-order chi connectivity index (χ0) is 14.8. The number of aryl methyl sites for hydroxylation is 1. The van der Waals surface area contributed by atoms with Crippen LogP contribution in [0.2, 0.25) is 0 Å². The Morgan fingerprint density at radius 3 is 2.71 bits per heavy atom. The van der Waals surface area contributed by atoms with Gasteiger partial charge in [-0.1, -0.05) is 18.2 Å². The molecule has 3 N–H and O–H groups in total. The minimum atomic E-state index is -2.50. The number of hydrogen-bond donors (Lipinski definition) is 2. The summed E-state index contributed by atoms with van der Waals surface area (Å²) < 4.78 is 25.6. The molecule has 0 unspecified atom stereocenters. The first kappa shape index (κ1) is 13.9. The summed E-state index contributed by atoms with van der Waals surface area (Å²) in [5.74, 6) is 6.57. The number of anilines is 1. The van der Waals surface area contributed by atoms with E-state index in [9.17, 15) is 8.78 Å². The molecular formula is C15H16F2N4. The first-order chi connectivity index (χ1) is 10.2. The van der Waals surface area contributed by atoms with E-state index in [1.807, 2.05) is 0 Å². The van der Waals surface area contributed by atoms with Crippen molar-refractivity contribution in [2.45, 2.75) is 32.1 Å². The maximum Gasteiger partial charge on any atom is 0.263 e. The van der Waals surface area contributed by atoms with E-state index >= 15 is 0 Å². The van der Waals surface area contributed by atoms with Crippen molar-refractivity contribution in [2.24, 2.45) is 5.84 Å². The number of benzene rings is 1. The largest absolute Gasteiger partial charge is 0.308 e. The molecule has 0 atom stereocenters. The van der Waals surface area contributed by atoms with E-state index < -0.39 is 6.43 Å². The van der Waals surface area contributed by atoms with Crippen molar-refractivity contribution in [3.8, 4) is 11.4 Å². The monoisotopic (exact) mass is 290 g/mol. The highest BCUT2D eigenvalue weighted by atomic mass is 19.3. The number of hydrogen-bond acceptors (Lipinski definition) is 4. The Balaban J connectivity index is 2.08. The smallest absolute Gasteiger partial charge is 0.263 e. The molecule has 0 saturated carbocycles. The lowest BCUT2D eigenvalue weighted by molar-refractivity contribution is 0.151. The maximum absolute atomic E-state index is 12.8. The summed E-state index contributed by atoms with van der Waals surface area (Å²) in [4.78, 5) is 8.92. The average Bonchev–Trinajstić information content (AvgIpc) is 2.53. The lowest BCUT2D eigenvalue weighted by atomic mass is 9.96. The van der Waals surface area contributed by atoms with E-state index in [-0.39, 0.29) is 5.56 Å². The standard InChI is InChI=1S/C15H16F2N4/c16-13(17)9-4-3-5-10(8-9)14-19-12-7-2-1-6-11(12)15(20-14)21-18/h3-5,8,13H,1-2,6-7,18H2,(H,19,20,21). The molecule has 21 heavy (non-hydrogen) atoms. The fraction of sp³-hybridized carbons (Fsp3) is 0.333. The van der Waals surface area contributed by atoms with Crippen molar-refractivity contribution in [2.75, 3.05) is 5.43 Å². The number of hydrazine groups is 1. The summed E-state index contributed by atoms with van der Waals surface area (Å²) in [7, 11) is 0. The number of aromatic nitrogens is 2. The quantitative estimate of drug-likeness (QED) is 0.673. The summed E-state index contributed by atoms with van der Waals surface area (Å²) in [5, 5.41) is 0. The lowest BCUT2D eigenvalue weighted by Crippen LogP contribution is -2.17. The second kappa shape index (κ2) is 5.73. The van der Waals surface area contributed by atoms with Crippen LogP contribution in [0.5, 0.6) is 0 Å². The van der Waals surface area contributed by atoms with Crippen LogP contribution in [0.1, 0.15) is 36.1 Å². The summed E-state index contributed by atoms with van der Waals surface area (Å²) in [6, 6.07) is 6.15. The molecule has 1 aliphatic carbocycles. The molecule has 1 aromatic heterocycles. The molecule has 0 saturated heterocycles. The third-order valence-corrected chi connectivity index (χ3v) is 3.72. The van der Waals surface area contributed by atoms with Gasteiger partial charge in [0.05, 0.1) is 0 Å². The molecule has 0 fully saturated rings. The van der Waals surface area contributed by atoms with E-state index in [0.29, 0.717) is 17.2 Å². The Labute approximate surface area is 121 Å². The van der Waals surface area contributed by atoms with Gasteiger partial charge in [0.25, 0.3) is 6.43 Å². The van der Waals surface area contributed by atoms with Gasteiger partial charge in [0.15, 0.2) is 5.82 Å². The number of rotatable bonds is 3. The van der Waals surface area contributed by atoms with E-state index in [1.165, 1.54) is 12.1 Å². The Hall–Kier alpha value is -2.08. The summed E-state index contributed by atoms with van der Waals surface area (Å²) in [5.41, 5.74) is 5.15. The van der Waals surface area contributed by atoms with Crippen molar-refractivity contribution in [3.63, 3.8) is 0 Å². The van der Waals surface area contributed by atoms with Gasteiger partial charge in [0.2, 0.25) is 0 Å². The fourth-order valence-corrected chi connectivity index (χ4v) is 2.66. The van der Waals surface area contributed by atoms with Gasteiger partial charge in [0, 0.05) is 22.4 Å². The van der Waals surface area contributed by atoms with Gasteiger partial charge in [-0.3, -0.25) is 0 Å². The van der Waals surface area contributed by atoms with Crippen molar-refractivity contribution < 1.29 is 8.78 Å². The van der Waals surface area contributed by atoms with Crippen molar-refractivity contribution in [1.82, 2.24) is 9.97 Å². The van der Waals surface area contributed by atoms with Crippen LogP contribution in [0.3, 0.4) is 0 Å². The van der Waals surface area contributed by atoms with Gasteiger partial charge < -0.3 is 5.43 Å². The fourth-order valence-electron chi connectivity index (χ4n) is 2.66. The second-order valence-corrected chi connectivity index (χ2v) is 5.10. The van der Waals surface area contributed by atoms with Crippen molar-refractivity contribution in [3.05, 3.63) is 41.1 Å². The van der Waals surface area contributed by atoms with Crippen LogP contribution in [0, 0.1) is 0 Å². The van der Waals surface area contributed by atoms with Gasteiger partial charge in [-0.15, -0.1) is 0 Å². The number of halogens is 2. The van der Waals surface area contributed by atoms with Gasteiger partial charge >= 0.3 is 0 Å². The Morgan fingerprint density at radius 2 is 1.95 bits per heavy atom. The van der Waals surface area contributed by atoms with Crippen LogP contribution >= 0.6 is 0 Å². The number of fused-ring (bicyclic) bond motifs is 1. The van der Waals surface area contributed by atoms with Gasteiger partial charge in [0.1, 0.15) is 5.82 Å². The minimum absolute atomic E-state index is 0.0314. The normalized spacial score (nSPS) is 14.1. The van der Waals surface area contributed by atoms with Crippen LogP contribution in [0.25, 0.3) is 11.4 Å². The highest BCUT2D eigenvalue weighted by Gasteiger charge is 2.18. The summed E-state index contributed by atoms with van der Waals surface area (Å²) in [6.07, 6.45) is 1.42. The van der Waals surface area contributed by atoms with Crippen LogP contribution in [0.4, 0.5) is 14.6 Å². The third kappa shape index (κ3) is 2.71. The van der Waals surface area contributed by atoms with E-state index in [0.717, 1.165) is 36.9 Å². The van der Waals surface area contributed by atoms with Crippen LogP contribution in [0.15, 0.2) is 24.3 Å². The van der Waals surface area contributed by atoms with E-state index in [4.69, 9.17) is 5.84 Å². The third-order valence-electron chi connectivity index (χ3n) is 3.72. The zero-order valence-electron chi connectivity index (χ0n) is 11.4. The summed E-state index contributed by atoms with van der Waals surface area (Å²) >= 11 is 0. The molecule has 2 aromatic rings. The van der Waals surface area contributed by atoms with Gasteiger partial charge in [-0.05, 0) is 31.7 Å². The van der Waals surface area contributed by atoms with E-state index in [2.05, 4.69) is 15.4 Å². The molecular weight excluding hydrogens is 274 g/mol. The topological polar surface area (TPSA) is 63.8 Å². The molecule has 110 valence electrons. The molecule has 1 aliphatic rings. The summed E-state index contributed by atoms with van der Waals surface area (Å²) in [6.45, 7) is 0. The van der Waals surface area contributed by atoms with Crippen LogP contribution in [-0.4, -0.2) is 9.97 Å². The number of nitrogens with two attached hydrogens (primary N) is 1. The van der Waals surface area contributed by atoms with E-state index in [1.54, 1.807) is 12.1 Å². The number of alkyl halides is 2. The first-order valence-electron chi connectivity index (χ1n) is 6.94. The molecule has 0 aliphatic heterocycles. The number of nitrogens with one attached hydrogen (secondary N) is 1. The minimum Gasteiger partial charge on any atom is -0.308 e. The zero-order valence-corrected chi connectivity index (χ0v) is 11.4. The molecule has 6 heteroatoms. The van der Waals surface area contributed by atoms with Crippen molar-refractivity contribution >= 4 is 5.82 Å². The lowest BCUT2D eigenvalue weighted by Gasteiger charge is -2.18. The maximum atomic E-state index is 12.8. The predicted molar refractivity (Wildman–Crippen MR) is 76.9 cm³/mol. The highest BCUT2D eigenvalue weighted by Crippen LogP contribution is 2.29. The Bertz CT molecular complexity index is 641. The molecule has 0 bridgehead atoms. The highest BCUT2D eigenvalue weighted by molar-refractivity contribution is 5.61.